The van der Waals surface area contributed by atoms with Crippen LogP contribution in [-0.4, -0.2) is 16.7 Å². The summed E-state index contributed by atoms with van der Waals surface area (Å²) >= 11 is 1.94. The van der Waals surface area contributed by atoms with E-state index in [2.05, 4.69) is 25.1 Å². The second-order valence-electron chi connectivity index (χ2n) is 2.59. The Kier molecular flexibility index (Phi) is 4.22. The van der Waals surface area contributed by atoms with E-state index in [9.17, 15) is 0 Å². The smallest absolute Gasteiger partial charge is 0.136 e. The van der Waals surface area contributed by atoms with Crippen molar-refractivity contribution in [3.8, 4) is 0 Å². The minimum atomic E-state index is 0.938. The summed E-state index contributed by atoms with van der Waals surface area (Å²) in [5.41, 5.74) is 1.09. The number of aromatic nitrogens is 1. The molecule has 1 aromatic heterocycles. The lowest BCUT2D eigenvalue weighted by Crippen LogP contribution is -1.88. The molecular formula is C9H15NOS. The average Bonchev–Trinajstić information content (AvgIpc) is 2.53. The van der Waals surface area contributed by atoms with E-state index in [1.807, 2.05) is 11.8 Å². The molecule has 0 fully saturated rings. The maximum Gasteiger partial charge on any atom is 0.136 e. The van der Waals surface area contributed by atoms with Crippen molar-refractivity contribution in [2.24, 2.45) is 0 Å². The number of hydrogen-bond acceptors (Lipinski definition) is 3. The fourth-order valence-electron chi connectivity index (χ4n) is 0.961. The van der Waals surface area contributed by atoms with Gasteiger partial charge in [0.25, 0.3) is 0 Å². The summed E-state index contributed by atoms with van der Waals surface area (Å²) in [5.74, 6) is 3.32. The van der Waals surface area contributed by atoms with Crippen LogP contribution in [0.5, 0.6) is 0 Å². The molecule has 0 saturated heterocycles. The summed E-state index contributed by atoms with van der Waals surface area (Å²) in [6.45, 7) is 4.25. The standard InChI is InChI=1S/C9H15NOS/c1-3-9-7-8(10-11-9)5-6-12-4-2/h7H,3-6H2,1-2H3. The van der Waals surface area contributed by atoms with E-state index >= 15 is 0 Å². The van der Waals surface area contributed by atoms with Crippen LogP contribution in [-0.2, 0) is 12.8 Å². The maximum absolute atomic E-state index is 5.09. The van der Waals surface area contributed by atoms with Crippen LogP contribution in [0.4, 0.5) is 0 Å². The molecule has 68 valence electrons. The van der Waals surface area contributed by atoms with Gasteiger partial charge in [-0.15, -0.1) is 0 Å². The molecule has 0 aliphatic carbocycles. The predicted molar refractivity (Wildman–Crippen MR) is 52.6 cm³/mol. The van der Waals surface area contributed by atoms with E-state index in [1.54, 1.807) is 0 Å². The summed E-state index contributed by atoms with van der Waals surface area (Å²) in [5, 5.41) is 3.97. The summed E-state index contributed by atoms with van der Waals surface area (Å²) in [4.78, 5) is 0. The van der Waals surface area contributed by atoms with Crippen molar-refractivity contribution >= 4 is 11.8 Å². The van der Waals surface area contributed by atoms with Gasteiger partial charge >= 0.3 is 0 Å². The van der Waals surface area contributed by atoms with Gasteiger partial charge in [0.2, 0.25) is 0 Å². The molecule has 2 nitrogen and oxygen atoms in total. The van der Waals surface area contributed by atoms with Crippen LogP contribution in [0.3, 0.4) is 0 Å². The number of nitrogens with zero attached hydrogens (tertiary/aromatic N) is 1. The molecule has 0 aromatic carbocycles. The third-order valence-corrected chi connectivity index (χ3v) is 2.56. The van der Waals surface area contributed by atoms with Crippen LogP contribution in [0, 0.1) is 0 Å². The molecule has 0 radical (unpaired) electrons. The lowest BCUT2D eigenvalue weighted by atomic mass is 10.3. The molecular weight excluding hydrogens is 170 g/mol. The molecule has 0 saturated carbocycles. The topological polar surface area (TPSA) is 26.0 Å². The highest BCUT2D eigenvalue weighted by atomic mass is 32.2. The van der Waals surface area contributed by atoms with E-state index in [0.717, 1.165) is 30.0 Å². The van der Waals surface area contributed by atoms with Crippen molar-refractivity contribution in [2.45, 2.75) is 26.7 Å². The SMILES string of the molecule is CCSCCc1cc(CC)on1. The fraction of sp³-hybridized carbons (Fsp3) is 0.667. The number of aryl methyl sites for hydroxylation is 2. The molecule has 0 atom stereocenters. The van der Waals surface area contributed by atoms with Gasteiger partial charge in [0.1, 0.15) is 5.76 Å². The molecule has 0 amide bonds. The zero-order chi connectivity index (χ0) is 8.81. The van der Waals surface area contributed by atoms with E-state index in [4.69, 9.17) is 4.52 Å². The van der Waals surface area contributed by atoms with Gasteiger partial charge in [0.15, 0.2) is 0 Å². The van der Waals surface area contributed by atoms with Gasteiger partial charge in [-0.2, -0.15) is 11.8 Å². The highest BCUT2D eigenvalue weighted by Gasteiger charge is 2.00. The molecule has 0 aliphatic heterocycles. The van der Waals surface area contributed by atoms with Crippen LogP contribution < -0.4 is 0 Å². The maximum atomic E-state index is 5.09. The van der Waals surface area contributed by atoms with Gasteiger partial charge in [-0.3, -0.25) is 0 Å². The number of hydrogen-bond donors (Lipinski definition) is 0. The first kappa shape index (κ1) is 9.65. The van der Waals surface area contributed by atoms with Crippen molar-refractivity contribution in [3.63, 3.8) is 0 Å². The van der Waals surface area contributed by atoms with Gasteiger partial charge in [0.05, 0.1) is 5.69 Å². The molecule has 0 N–H and O–H groups in total. The minimum absolute atomic E-state index is 0.938. The Morgan fingerprint density at radius 1 is 1.50 bits per heavy atom. The molecule has 0 spiro atoms. The average molecular weight is 185 g/mol. The normalized spacial score (nSPS) is 10.5. The second kappa shape index (κ2) is 5.25. The first-order valence-electron chi connectivity index (χ1n) is 4.39. The monoisotopic (exact) mass is 185 g/mol. The third-order valence-electron chi connectivity index (χ3n) is 1.66. The predicted octanol–water partition coefficient (Wildman–Crippen LogP) is 2.53. The molecule has 0 unspecified atom stereocenters. The molecule has 1 aromatic rings. The van der Waals surface area contributed by atoms with Crippen LogP contribution in [0.2, 0.25) is 0 Å². The van der Waals surface area contributed by atoms with Gasteiger partial charge in [0, 0.05) is 18.9 Å². The Morgan fingerprint density at radius 3 is 2.92 bits per heavy atom. The molecule has 0 aliphatic rings. The zero-order valence-electron chi connectivity index (χ0n) is 7.67. The van der Waals surface area contributed by atoms with Crippen LogP contribution >= 0.6 is 11.8 Å². The molecule has 12 heavy (non-hydrogen) atoms. The summed E-state index contributed by atoms with van der Waals surface area (Å²) in [6, 6.07) is 2.05. The van der Waals surface area contributed by atoms with Gasteiger partial charge < -0.3 is 4.52 Å². The number of rotatable bonds is 5. The number of thioether (sulfide) groups is 1. The molecule has 3 heteroatoms. The van der Waals surface area contributed by atoms with Crippen molar-refractivity contribution in [3.05, 3.63) is 17.5 Å². The Hall–Kier alpha value is -0.440. The second-order valence-corrected chi connectivity index (χ2v) is 3.98. The lowest BCUT2D eigenvalue weighted by Gasteiger charge is -1.92. The summed E-state index contributed by atoms with van der Waals surface area (Å²) in [7, 11) is 0. The van der Waals surface area contributed by atoms with Crippen LogP contribution in [0.15, 0.2) is 10.6 Å². The molecule has 1 rings (SSSR count). The van der Waals surface area contributed by atoms with Gasteiger partial charge in [-0.05, 0) is 11.5 Å². The third kappa shape index (κ3) is 2.89. The van der Waals surface area contributed by atoms with Gasteiger partial charge in [-0.25, -0.2) is 0 Å². The first-order chi connectivity index (χ1) is 5.86. The quantitative estimate of drug-likeness (QED) is 0.659. The lowest BCUT2D eigenvalue weighted by molar-refractivity contribution is 0.381. The summed E-state index contributed by atoms with van der Waals surface area (Å²) in [6.07, 6.45) is 1.97. The van der Waals surface area contributed by atoms with Crippen LogP contribution in [0.25, 0.3) is 0 Å². The molecule has 1 heterocycles. The minimum Gasteiger partial charge on any atom is -0.361 e. The largest absolute Gasteiger partial charge is 0.361 e. The Balaban J connectivity index is 2.31. The van der Waals surface area contributed by atoms with Gasteiger partial charge in [-0.1, -0.05) is 19.0 Å². The summed E-state index contributed by atoms with van der Waals surface area (Å²) < 4.78 is 5.09. The highest BCUT2D eigenvalue weighted by Crippen LogP contribution is 2.08. The zero-order valence-corrected chi connectivity index (χ0v) is 8.49. The van der Waals surface area contributed by atoms with Crippen molar-refractivity contribution < 1.29 is 4.52 Å². The fourth-order valence-corrected chi connectivity index (χ4v) is 1.60. The first-order valence-corrected chi connectivity index (χ1v) is 5.54. The van der Waals surface area contributed by atoms with E-state index in [0.29, 0.717) is 0 Å². The van der Waals surface area contributed by atoms with Crippen molar-refractivity contribution in [1.82, 2.24) is 5.16 Å². The molecule has 0 bridgehead atoms. The van der Waals surface area contributed by atoms with E-state index in [-0.39, 0.29) is 0 Å². The van der Waals surface area contributed by atoms with E-state index in [1.165, 1.54) is 5.75 Å². The Labute approximate surface area is 77.7 Å². The highest BCUT2D eigenvalue weighted by molar-refractivity contribution is 7.99. The van der Waals surface area contributed by atoms with E-state index < -0.39 is 0 Å². The van der Waals surface area contributed by atoms with Crippen molar-refractivity contribution in [1.29, 1.82) is 0 Å². The van der Waals surface area contributed by atoms with Crippen molar-refractivity contribution in [2.75, 3.05) is 11.5 Å². The van der Waals surface area contributed by atoms with Crippen LogP contribution in [0.1, 0.15) is 25.3 Å². The Bertz CT molecular complexity index is 222. The Morgan fingerprint density at radius 2 is 2.33 bits per heavy atom.